The number of hydrogen-bond donors (Lipinski definition) is 2. The molecule has 2 heterocycles. The van der Waals surface area contributed by atoms with Crippen LogP contribution in [0.3, 0.4) is 0 Å². The fraction of sp³-hybridized carbons (Fsp3) is 0.538. The van der Waals surface area contributed by atoms with Gasteiger partial charge in [-0.3, -0.25) is 4.57 Å². The number of aromatic nitrogens is 3. The summed E-state index contributed by atoms with van der Waals surface area (Å²) in [5.74, 6) is 0. The lowest BCUT2D eigenvalue weighted by Crippen LogP contribution is -2.34. The minimum atomic E-state index is -0.257. The van der Waals surface area contributed by atoms with Gasteiger partial charge in [-0.2, -0.15) is 4.98 Å². The summed E-state index contributed by atoms with van der Waals surface area (Å²) in [4.78, 5) is 19.2. The zero-order chi connectivity index (χ0) is 13.3. The first-order valence-electron chi connectivity index (χ1n) is 6.23. The average Bonchev–Trinajstić information content (AvgIpc) is 2.65. The molecular weight excluding hydrogens is 228 g/mol. The molecule has 0 unspecified atom stereocenters. The largest absolute Gasteiger partial charge is 0.350 e. The van der Waals surface area contributed by atoms with Crippen LogP contribution < -0.4 is 11.4 Å². The Morgan fingerprint density at radius 2 is 2.17 bits per heavy atom. The molecule has 2 aromatic rings. The molecule has 0 spiro atoms. The number of nitrogens with two attached hydrogens (primary N) is 1. The molecule has 0 aliphatic carbocycles. The van der Waals surface area contributed by atoms with Gasteiger partial charge in [-0.05, 0) is 46.2 Å². The van der Waals surface area contributed by atoms with E-state index in [9.17, 15) is 4.79 Å². The number of aryl methyl sites for hydroxylation is 1. The Balaban J connectivity index is 2.48. The van der Waals surface area contributed by atoms with Crippen molar-refractivity contribution >= 4 is 11.0 Å². The summed E-state index contributed by atoms with van der Waals surface area (Å²) in [5.41, 5.74) is 6.75. The van der Waals surface area contributed by atoms with Crippen molar-refractivity contribution in [1.82, 2.24) is 14.5 Å². The molecule has 0 amide bonds. The van der Waals surface area contributed by atoms with E-state index in [0.29, 0.717) is 12.2 Å². The Labute approximate surface area is 106 Å². The molecule has 98 valence electrons. The van der Waals surface area contributed by atoms with Crippen LogP contribution in [0.5, 0.6) is 0 Å². The fourth-order valence-corrected chi connectivity index (χ4v) is 1.96. The molecule has 0 aliphatic rings. The molecule has 3 N–H and O–H groups in total. The van der Waals surface area contributed by atoms with Gasteiger partial charge in [0.2, 0.25) is 0 Å². The van der Waals surface area contributed by atoms with Crippen LogP contribution in [0.25, 0.3) is 11.0 Å². The second kappa shape index (κ2) is 4.57. The molecule has 0 saturated heterocycles. The molecule has 0 fully saturated rings. The summed E-state index contributed by atoms with van der Waals surface area (Å²) in [6.45, 7) is 6.63. The second-order valence-electron chi connectivity index (χ2n) is 5.56. The van der Waals surface area contributed by atoms with E-state index < -0.39 is 0 Å². The van der Waals surface area contributed by atoms with Gasteiger partial charge < -0.3 is 10.7 Å². The van der Waals surface area contributed by atoms with Crippen LogP contribution in [0.15, 0.2) is 17.1 Å². The highest BCUT2D eigenvalue weighted by Gasteiger charge is 2.16. The molecule has 0 atom stereocenters. The Morgan fingerprint density at radius 1 is 1.44 bits per heavy atom. The predicted octanol–water partition coefficient (Wildman–Crippen LogP) is 1.37. The molecule has 2 aromatic heterocycles. The Morgan fingerprint density at radius 3 is 2.78 bits per heavy atom. The normalized spacial score (nSPS) is 12.2. The molecule has 0 aliphatic heterocycles. The standard InChI is InChI=1S/C13H20N4O/c1-13(2,3)17-8-9-7-10(5-4-6-14)15-11(9)16-12(17)18/h7-8H,4-6,14H2,1-3H3,(H,15,16,18). The van der Waals surface area contributed by atoms with Crippen LogP contribution in [0.4, 0.5) is 0 Å². The number of nitrogens with zero attached hydrogens (tertiary/aromatic N) is 2. The highest BCUT2D eigenvalue weighted by Crippen LogP contribution is 2.16. The van der Waals surface area contributed by atoms with Gasteiger partial charge in [0, 0.05) is 22.8 Å². The van der Waals surface area contributed by atoms with E-state index in [1.807, 2.05) is 33.0 Å². The van der Waals surface area contributed by atoms with Crippen LogP contribution >= 0.6 is 0 Å². The van der Waals surface area contributed by atoms with Crippen LogP contribution in [0, 0.1) is 0 Å². The van der Waals surface area contributed by atoms with Crippen LogP contribution in [-0.4, -0.2) is 21.1 Å². The van der Waals surface area contributed by atoms with E-state index in [0.717, 1.165) is 23.9 Å². The molecule has 18 heavy (non-hydrogen) atoms. The van der Waals surface area contributed by atoms with Gasteiger partial charge in [-0.1, -0.05) is 0 Å². The Kier molecular flexibility index (Phi) is 3.26. The van der Waals surface area contributed by atoms with E-state index >= 15 is 0 Å². The average molecular weight is 248 g/mol. The molecule has 0 bridgehead atoms. The zero-order valence-corrected chi connectivity index (χ0v) is 11.2. The monoisotopic (exact) mass is 248 g/mol. The summed E-state index contributed by atoms with van der Waals surface area (Å²) < 4.78 is 1.66. The maximum Gasteiger partial charge on any atom is 0.350 e. The molecule has 0 radical (unpaired) electrons. The SMILES string of the molecule is CC(C)(C)n1cc2cc(CCCN)[nH]c2nc1=O. The molecule has 0 saturated carbocycles. The lowest BCUT2D eigenvalue weighted by Gasteiger charge is -2.21. The third-order valence-electron chi connectivity index (χ3n) is 2.94. The van der Waals surface area contributed by atoms with Crippen molar-refractivity contribution in [2.75, 3.05) is 6.54 Å². The van der Waals surface area contributed by atoms with Crippen molar-refractivity contribution in [3.63, 3.8) is 0 Å². The van der Waals surface area contributed by atoms with Crippen molar-refractivity contribution in [3.05, 3.63) is 28.4 Å². The maximum absolute atomic E-state index is 11.9. The van der Waals surface area contributed by atoms with Gasteiger partial charge in [-0.15, -0.1) is 0 Å². The number of H-pyrrole nitrogens is 1. The van der Waals surface area contributed by atoms with E-state index in [1.165, 1.54) is 0 Å². The van der Waals surface area contributed by atoms with Gasteiger partial charge >= 0.3 is 5.69 Å². The molecular formula is C13H20N4O. The van der Waals surface area contributed by atoms with Crippen molar-refractivity contribution < 1.29 is 0 Å². The van der Waals surface area contributed by atoms with Gasteiger partial charge in [0.25, 0.3) is 0 Å². The third-order valence-corrected chi connectivity index (χ3v) is 2.94. The third kappa shape index (κ3) is 2.46. The minimum Gasteiger partial charge on any atom is -0.343 e. The van der Waals surface area contributed by atoms with E-state index in [-0.39, 0.29) is 11.2 Å². The maximum atomic E-state index is 11.9. The minimum absolute atomic E-state index is 0.220. The smallest absolute Gasteiger partial charge is 0.343 e. The van der Waals surface area contributed by atoms with Gasteiger partial charge in [0.1, 0.15) is 5.65 Å². The molecule has 2 rings (SSSR count). The fourth-order valence-electron chi connectivity index (χ4n) is 1.96. The summed E-state index contributed by atoms with van der Waals surface area (Å²) in [6.07, 6.45) is 3.68. The highest BCUT2D eigenvalue weighted by molar-refractivity contribution is 5.75. The number of nitrogens with one attached hydrogen (secondary N) is 1. The first kappa shape index (κ1) is 12.8. The van der Waals surface area contributed by atoms with Crippen LogP contribution in [0.1, 0.15) is 32.9 Å². The predicted molar refractivity (Wildman–Crippen MR) is 72.7 cm³/mol. The number of hydrogen-bond acceptors (Lipinski definition) is 3. The quantitative estimate of drug-likeness (QED) is 0.861. The van der Waals surface area contributed by atoms with E-state index in [4.69, 9.17) is 5.73 Å². The number of aromatic amines is 1. The number of rotatable bonds is 3. The summed E-state index contributed by atoms with van der Waals surface area (Å²) in [7, 11) is 0. The lowest BCUT2D eigenvalue weighted by atomic mass is 10.1. The summed E-state index contributed by atoms with van der Waals surface area (Å²) >= 11 is 0. The second-order valence-corrected chi connectivity index (χ2v) is 5.56. The number of fused-ring (bicyclic) bond motifs is 1. The van der Waals surface area contributed by atoms with Crippen molar-refractivity contribution in [1.29, 1.82) is 0 Å². The van der Waals surface area contributed by atoms with Gasteiger partial charge in [0.05, 0.1) is 0 Å². The summed E-state index contributed by atoms with van der Waals surface area (Å²) in [5, 5.41) is 0.969. The van der Waals surface area contributed by atoms with Crippen LogP contribution in [0.2, 0.25) is 0 Å². The first-order valence-corrected chi connectivity index (χ1v) is 6.23. The van der Waals surface area contributed by atoms with Gasteiger partial charge in [0.15, 0.2) is 0 Å². The molecule has 5 heteroatoms. The molecule has 5 nitrogen and oxygen atoms in total. The van der Waals surface area contributed by atoms with Crippen molar-refractivity contribution in [2.45, 2.75) is 39.2 Å². The topological polar surface area (TPSA) is 76.7 Å². The lowest BCUT2D eigenvalue weighted by molar-refractivity contribution is 0.380. The first-order chi connectivity index (χ1) is 8.41. The van der Waals surface area contributed by atoms with E-state index in [1.54, 1.807) is 4.57 Å². The zero-order valence-electron chi connectivity index (χ0n) is 11.2. The summed E-state index contributed by atoms with van der Waals surface area (Å²) in [6, 6.07) is 2.04. The van der Waals surface area contributed by atoms with Gasteiger partial charge in [-0.25, -0.2) is 4.79 Å². The molecule has 0 aromatic carbocycles. The van der Waals surface area contributed by atoms with Crippen molar-refractivity contribution in [3.8, 4) is 0 Å². The Hall–Kier alpha value is -1.62. The van der Waals surface area contributed by atoms with Crippen molar-refractivity contribution in [2.24, 2.45) is 5.73 Å². The van der Waals surface area contributed by atoms with Crippen LogP contribution in [-0.2, 0) is 12.0 Å². The van der Waals surface area contributed by atoms with E-state index in [2.05, 4.69) is 9.97 Å². The Bertz CT molecular complexity index is 603. The highest BCUT2D eigenvalue weighted by atomic mass is 16.1.